The average Bonchev–Trinajstić information content (AvgIpc) is 2.53. The Kier molecular flexibility index (Phi) is 13.4. The van der Waals surface area contributed by atoms with E-state index in [9.17, 15) is 0 Å². The quantitative estimate of drug-likeness (QED) is 0.354. The lowest BCUT2D eigenvalue weighted by atomic mass is 10.0. The Morgan fingerprint density at radius 3 is 1.52 bits per heavy atom. The van der Waals surface area contributed by atoms with E-state index < -0.39 is 0 Å². The second-order valence-electron chi connectivity index (χ2n) is 6.56. The van der Waals surface area contributed by atoms with Gasteiger partial charge in [0.05, 0.1) is 13.2 Å². The van der Waals surface area contributed by atoms with Crippen LogP contribution in [0.25, 0.3) is 0 Å². The molecule has 2 nitrogen and oxygen atoms in total. The molecular weight excluding hydrogens is 260 g/mol. The standard InChI is InChI=1S/C19H38O2/c1-2-3-4-5-6-7-8-9-10-11-12-13-14-16-19-20-17-15-18-21-19/h19H,2-18H2,1H3. The van der Waals surface area contributed by atoms with Gasteiger partial charge < -0.3 is 9.47 Å². The predicted octanol–water partition coefficient (Wildman–Crippen LogP) is 6.23. The first-order chi connectivity index (χ1) is 10.4. The number of unbranched alkanes of at least 4 members (excludes halogenated alkanes) is 12. The van der Waals surface area contributed by atoms with Gasteiger partial charge in [-0.15, -0.1) is 0 Å². The minimum Gasteiger partial charge on any atom is -0.353 e. The smallest absolute Gasteiger partial charge is 0.157 e. The van der Waals surface area contributed by atoms with Gasteiger partial charge in [-0.25, -0.2) is 0 Å². The molecule has 0 bridgehead atoms. The van der Waals surface area contributed by atoms with Crippen LogP contribution in [0, 0.1) is 0 Å². The molecule has 0 amide bonds. The van der Waals surface area contributed by atoms with Crippen LogP contribution in [0.2, 0.25) is 0 Å². The monoisotopic (exact) mass is 298 g/mol. The van der Waals surface area contributed by atoms with Crippen molar-refractivity contribution in [3.8, 4) is 0 Å². The van der Waals surface area contributed by atoms with Gasteiger partial charge in [0.2, 0.25) is 0 Å². The van der Waals surface area contributed by atoms with Crippen LogP contribution in [0.5, 0.6) is 0 Å². The van der Waals surface area contributed by atoms with Crippen LogP contribution in [0.15, 0.2) is 0 Å². The molecule has 1 heterocycles. The summed E-state index contributed by atoms with van der Waals surface area (Å²) in [5, 5.41) is 0. The van der Waals surface area contributed by atoms with Crippen LogP contribution in [-0.4, -0.2) is 19.5 Å². The van der Waals surface area contributed by atoms with Crippen LogP contribution in [0.3, 0.4) is 0 Å². The first kappa shape index (κ1) is 19.0. The van der Waals surface area contributed by atoms with Gasteiger partial charge in [0.25, 0.3) is 0 Å². The molecule has 0 spiro atoms. The summed E-state index contributed by atoms with van der Waals surface area (Å²) in [5.41, 5.74) is 0. The predicted molar refractivity (Wildman–Crippen MR) is 90.6 cm³/mol. The number of ether oxygens (including phenoxy) is 2. The Hall–Kier alpha value is -0.0800. The van der Waals surface area contributed by atoms with E-state index in [0.717, 1.165) is 26.1 Å². The Morgan fingerprint density at radius 2 is 1.05 bits per heavy atom. The minimum absolute atomic E-state index is 0.103. The molecule has 126 valence electrons. The maximum atomic E-state index is 5.56. The van der Waals surface area contributed by atoms with E-state index in [1.165, 1.54) is 83.5 Å². The molecule has 0 unspecified atom stereocenters. The largest absolute Gasteiger partial charge is 0.353 e. The van der Waals surface area contributed by atoms with E-state index in [-0.39, 0.29) is 6.29 Å². The SMILES string of the molecule is CCCCCCCCCCCCCCCC1OCCCO1. The second-order valence-corrected chi connectivity index (χ2v) is 6.56. The Bertz CT molecular complexity index is 200. The van der Waals surface area contributed by atoms with Crippen molar-refractivity contribution in [2.24, 2.45) is 0 Å². The molecule has 0 saturated carbocycles. The van der Waals surface area contributed by atoms with Gasteiger partial charge >= 0.3 is 0 Å². The molecule has 21 heavy (non-hydrogen) atoms. The molecule has 1 fully saturated rings. The van der Waals surface area contributed by atoms with Crippen molar-refractivity contribution in [3.63, 3.8) is 0 Å². The van der Waals surface area contributed by atoms with Gasteiger partial charge in [-0.05, 0) is 19.3 Å². The highest BCUT2D eigenvalue weighted by molar-refractivity contribution is 4.54. The third kappa shape index (κ3) is 12.2. The van der Waals surface area contributed by atoms with Gasteiger partial charge in [0.1, 0.15) is 0 Å². The van der Waals surface area contributed by atoms with Crippen LogP contribution in [0.4, 0.5) is 0 Å². The summed E-state index contributed by atoms with van der Waals surface area (Å²) < 4.78 is 11.1. The summed E-state index contributed by atoms with van der Waals surface area (Å²) in [4.78, 5) is 0. The highest BCUT2D eigenvalue weighted by Crippen LogP contribution is 2.15. The van der Waals surface area contributed by atoms with Crippen molar-refractivity contribution < 1.29 is 9.47 Å². The van der Waals surface area contributed by atoms with Crippen molar-refractivity contribution >= 4 is 0 Å². The second kappa shape index (κ2) is 14.8. The Morgan fingerprint density at radius 1 is 0.619 bits per heavy atom. The molecule has 1 saturated heterocycles. The van der Waals surface area contributed by atoms with E-state index in [2.05, 4.69) is 6.92 Å². The van der Waals surface area contributed by atoms with Crippen molar-refractivity contribution in [2.45, 2.75) is 110 Å². The maximum Gasteiger partial charge on any atom is 0.157 e. The molecule has 0 N–H and O–H groups in total. The molecular formula is C19H38O2. The number of rotatable bonds is 14. The zero-order valence-electron chi connectivity index (χ0n) is 14.4. The zero-order chi connectivity index (χ0) is 15.0. The first-order valence-electron chi connectivity index (χ1n) is 9.66. The van der Waals surface area contributed by atoms with E-state index in [1.807, 2.05) is 0 Å². The van der Waals surface area contributed by atoms with Gasteiger partial charge in [-0.1, -0.05) is 84.0 Å². The lowest BCUT2D eigenvalue weighted by Gasteiger charge is -2.22. The van der Waals surface area contributed by atoms with E-state index in [1.54, 1.807) is 0 Å². The van der Waals surface area contributed by atoms with Crippen molar-refractivity contribution in [2.75, 3.05) is 13.2 Å². The third-order valence-electron chi connectivity index (χ3n) is 4.44. The molecule has 1 rings (SSSR count). The van der Waals surface area contributed by atoms with Crippen LogP contribution >= 0.6 is 0 Å². The minimum atomic E-state index is 0.103. The number of hydrogen-bond acceptors (Lipinski definition) is 2. The first-order valence-corrected chi connectivity index (χ1v) is 9.66. The topological polar surface area (TPSA) is 18.5 Å². The molecule has 0 atom stereocenters. The molecule has 2 heteroatoms. The molecule has 0 aliphatic carbocycles. The Labute approximate surface area is 133 Å². The summed E-state index contributed by atoms with van der Waals surface area (Å²) in [6.07, 6.45) is 20.6. The molecule has 0 radical (unpaired) electrons. The summed E-state index contributed by atoms with van der Waals surface area (Å²) >= 11 is 0. The van der Waals surface area contributed by atoms with Gasteiger partial charge in [0.15, 0.2) is 6.29 Å². The van der Waals surface area contributed by atoms with E-state index >= 15 is 0 Å². The van der Waals surface area contributed by atoms with Crippen molar-refractivity contribution in [1.29, 1.82) is 0 Å². The highest BCUT2D eigenvalue weighted by Gasteiger charge is 2.12. The summed E-state index contributed by atoms with van der Waals surface area (Å²) in [6.45, 7) is 4.07. The third-order valence-corrected chi connectivity index (χ3v) is 4.44. The average molecular weight is 299 g/mol. The summed E-state index contributed by atoms with van der Waals surface area (Å²) in [5.74, 6) is 0. The molecule has 1 aliphatic heterocycles. The van der Waals surface area contributed by atoms with Gasteiger partial charge in [-0.2, -0.15) is 0 Å². The lowest BCUT2D eigenvalue weighted by molar-refractivity contribution is -0.181. The van der Waals surface area contributed by atoms with E-state index in [0.29, 0.717) is 0 Å². The number of hydrogen-bond donors (Lipinski definition) is 0. The van der Waals surface area contributed by atoms with Gasteiger partial charge in [-0.3, -0.25) is 0 Å². The summed E-state index contributed by atoms with van der Waals surface area (Å²) in [7, 11) is 0. The van der Waals surface area contributed by atoms with Crippen LogP contribution in [-0.2, 0) is 9.47 Å². The maximum absolute atomic E-state index is 5.56. The molecule has 1 aliphatic rings. The Balaban J connectivity index is 1.69. The molecule has 0 aromatic carbocycles. The van der Waals surface area contributed by atoms with Crippen LogP contribution in [0.1, 0.15) is 103 Å². The lowest BCUT2D eigenvalue weighted by Crippen LogP contribution is -2.24. The molecule has 0 aromatic heterocycles. The van der Waals surface area contributed by atoms with Crippen molar-refractivity contribution in [1.82, 2.24) is 0 Å². The van der Waals surface area contributed by atoms with Crippen molar-refractivity contribution in [3.05, 3.63) is 0 Å². The highest BCUT2D eigenvalue weighted by atomic mass is 16.7. The fourth-order valence-electron chi connectivity index (χ4n) is 3.03. The van der Waals surface area contributed by atoms with Gasteiger partial charge in [0, 0.05) is 0 Å². The fraction of sp³-hybridized carbons (Fsp3) is 1.00. The fourth-order valence-corrected chi connectivity index (χ4v) is 3.03. The van der Waals surface area contributed by atoms with Crippen LogP contribution < -0.4 is 0 Å². The zero-order valence-corrected chi connectivity index (χ0v) is 14.4. The van der Waals surface area contributed by atoms with E-state index in [4.69, 9.17) is 9.47 Å². The normalized spacial score (nSPS) is 16.4. The molecule has 0 aromatic rings. The summed E-state index contributed by atoms with van der Waals surface area (Å²) in [6, 6.07) is 0.